The highest BCUT2D eigenvalue weighted by Crippen LogP contribution is 2.33. The summed E-state index contributed by atoms with van der Waals surface area (Å²) in [6.45, 7) is 13.6. The summed E-state index contributed by atoms with van der Waals surface area (Å²) in [6, 6.07) is 9.32. The number of ether oxygens (including phenoxy) is 1. The molecule has 0 N–H and O–H groups in total. The predicted molar refractivity (Wildman–Crippen MR) is 122 cm³/mol. The molecule has 0 radical (unpaired) electrons. The number of aromatic nitrogens is 4. The summed E-state index contributed by atoms with van der Waals surface area (Å²) in [6.07, 6.45) is 6.48. The number of tetrazole rings is 1. The third-order valence-electron chi connectivity index (χ3n) is 7.24. The van der Waals surface area contributed by atoms with Crippen molar-refractivity contribution in [3.63, 3.8) is 0 Å². The van der Waals surface area contributed by atoms with Crippen LogP contribution in [0, 0.1) is 0 Å². The zero-order valence-corrected chi connectivity index (χ0v) is 19.6. The average molecular weight is 427 g/mol. The van der Waals surface area contributed by atoms with Gasteiger partial charge in [-0.05, 0) is 68.2 Å². The van der Waals surface area contributed by atoms with Crippen molar-refractivity contribution in [1.29, 1.82) is 0 Å². The van der Waals surface area contributed by atoms with Gasteiger partial charge in [0.1, 0.15) is 5.75 Å². The van der Waals surface area contributed by atoms with E-state index < -0.39 is 0 Å². The van der Waals surface area contributed by atoms with Gasteiger partial charge in [-0.3, -0.25) is 9.80 Å². The molecule has 4 rings (SSSR count). The molecule has 1 aromatic heterocycles. The molecule has 2 aromatic rings. The third kappa shape index (κ3) is 4.77. The second kappa shape index (κ2) is 9.65. The normalized spacial score (nSPS) is 20.3. The number of hydrogen-bond acceptors (Lipinski definition) is 6. The minimum atomic E-state index is -0.131. The van der Waals surface area contributed by atoms with Crippen LogP contribution in [0.3, 0.4) is 0 Å². The Bertz CT molecular complexity index is 819. The second-order valence-corrected chi connectivity index (χ2v) is 9.53. The van der Waals surface area contributed by atoms with Crippen LogP contribution in [0.1, 0.15) is 77.2 Å². The molecule has 1 saturated heterocycles. The molecule has 170 valence electrons. The Morgan fingerprint density at radius 1 is 1.03 bits per heavy atom. The molecule has 1 atom stereocenters. The maximum absolute atomic E-state index is 5.68. The van der Waals surface area contributed by atoms with Gasteiger partial charge in [0.15, 0.2) is 5.82 Å². The Morgan fingerprint density at radius 2 is 1.71 bits per heavy atom. The molecule has 2 aliphatic rings. The van der Waals surface area contributed by atoms with Gasteiger partial charge in [-0.15, -0.1) is 5.10 Å². The summed E-state index contributed by atoms with van der Waals surface area (Å²) in [4.78, 5) is 5.27. The van der Waals surface area contributed by atoms with E-state index >= 15 is 0 Å². The maximum Gasteiger partial charge on any atom is 0.173 e. The molecule has 1 aliphatic heterocycles. The minimum Gasteiger partial charge on any atom is -0.494 e. The summed E-state index contributed by atoms with van der Waals surface area (Å²) in [5, 5.41) is 13.1. The van der Waals surface area contributed by atoms with E-state index in [9.17, 15) is 0 Å². The van der Waals surface area contributed by atoms with E-state index in [0.29, 0.717) is 6.61 Å². The first-order valence-electron chi connectivity index (χ1n) is 12.0. The van der Waals surface area contributed by atoms with Crippen LogP contribution in [0.25, 0.3) is 0 Å². The Morgan fingerprint density at radius 3 is 2.32 bits per heavy atom. The Labute approximate surface area is 186 Å². The summed E-state index contributed by atoms with van der Waals surface area (Å²) in [5.74, 6) is 1.84. The molecule has 0 unspecified atom stereocenters. The molecule has 0 spiro atoms. The molecule has 0 bridgehead atoms. The fourth-order valence-corrected chi connectivity index (χ4v) is 5.01. The minimum absolute atomic E-state index is 0.0437. The zero-order valence-electron chi connectivity index (χ0n) is 19.6. The van der Waals surface area contributed by atoms with Gasteiger partial charge in [-0.25, -0.2) is 4.68 Å². The number of nitrogens with zero attached hydrogens (tertiary/aromatic N) is 6. The molecule has 2 fully saturated rings. The van der Waals surface area contributed by atoms with Crippen LogP contribution >= 0.6 is 0 Å². The van der Waals surface area contributed by atoms with Gasteiger partial charge in [0.05, 0.1) is 18.2 Å². The Hall–Kier alpha value is -1.99. The van der Waals surface area contributed by atoms with Gasteiger partial charge >= 0.3 is 0 Å². The number of benzene rings is 1. The Balaban J connectivity index is 1.62. The van der Waals surface area contributed by atoms with Gasteiger partial charge < -0.3 is 4.74 Å². The Kier molecular flexibility index (Phi) is 6.92. The lowest BCUT2D eigenvalue weighted by molar-refractivity contribution is 0.0751. The van der Waals surface area contributed by atoms with Crippen LogP contribution in [0.2, 0.25) is 0 Å². The van der Waals surface area contributed by atoms with Gasteiger partial charge in [0, 0.05) is 32.2 Å². The molecular weight excluding hydrogens is 388 g/mol. The first kappa shape index (κ1) is 22.2. The fraction of sp³-hybridized carbons (Fsp3) is 0.708. The first-order chi connectivity index (χ1) is 15.0. The van der Waals surface area contributed by atoms with E-state index in [1.165, 1.54) is 31.2 Å². The summed E-state index contributed by atoms with van der Waals surface area (Å²) >= 11 is 0. The van der Waals surface area contributed by atoms with E-state index in [4.69, 9.17) is 4.74 Å². The van der Waals surface area contributed by atoms with Gasteiger partial charge in [-0.2, -0.15) is 0 Å². The molecule has 7 nitrogen and oxygen atoms in total. The van der Waals surface area contributed by atoms with Crippen LogP contribution < -0.4 is 4.74 Å². The summed E-state index contributed by atoms with van der Waals surface area (Å²) in [5.41, 5.74) is 1.09. The highest BCUT2D eigenvalue weighted by Gasteiger charge is 2.35. The lowest BCUT2D eigenvalue weighted by atomic mass is 9.99. The lowest BCUT2D eigenvalue weighted by Crippen LogP contribution is -2.51. The van der Waals surface area contributed by atoms with Gasteiger partial charge in [0.2, 0.25) is 0 Å². The van der Waals surface area contributed by atoms with Crippen molar-refractivity contribution in [2.45, 2.75) is 77.4 Å². The van der Waals surface area contributed by atoms with Crippen molar-refractivity contribution in [1.82, 2.24) is 30.0 Å². The van der Waals surface area contributed by atoms with E-state index in [0.717, 1.165) is 50.2 Å². The number of rotatable bonds is 8. The molecule has 1 aliphatic carbocycles. The van der Waals surface area contributed by atoms with E-state index in [2.05, 4.69) is 70.4 Å². The van der Waals surface area contributed by atoms with Gasteiger partial charge in [0.25, 0.3) is 0 Å². The van der Waals surface area contributed by atoms with Crippen LogP contribution in [0.4, 0.5) is 0 Å². The zero-order chi connectivity index (χ0) is 21.8. The quantitative estimate of drug-likeness (QED) is 0.639. The van der Waals surface area contributed by atoms with Crippen LogP contribution in [-0.2, 0) is 5.54 Å². The molecular formula is C24H38N6O. The monoisotopic (exact) mass is 426 g/mol. The highest BCUT2D eigenvalue weighted by molar-refractivity contribution is 5.32. The van der Waals surface area contributed by atoms with Crippen molar-refractivity contribution in [2.75, 3.05) is 32.8 Å². The first-order valence-corrected chi connectivity index (χ1v) is 12.0. The highest BCUT2D eigenvalue weighted by atomic mass is 16.5. The van der Waals surface area contributed by atoms with Gasteiger partial charge in [-0.1, -0.05) is 31.9 Å². The molecule has 2 heterocycles. The second-order valence-electron chi connectivity index (χ2n) is 9.53. The number of piperazine rings is 1. The largest absolute Gasteiger partial charge is 0.494 e. The summed E-state index contributed by atoms with van der Waals surface area (Å²) < 4.78 is 7.72. The molecule has 0 amide bonds. The number of hydrogen-bond donors (Lipinski definition) is 0. The van der Waals surface area contributed by atoms with E-state index in [-0.39, 0.29) is 11.6 Å². The van der Waals surface area contributed by atoms with Crippen molar-refractivity contribution in [3.05, 3.63) is 35.7 Å². The fourth-order valence-electron chi connectivity index (χ4n) is 5.01. The smallest absolute Gasteiger partial charge is 0.173 e. The van der Waals surface area contributed by atoms with Crippen molar-refractivity contribution in [2.24, 2.45) is 0 Å². The standard InChI is InChI=1S/C24H38N6O/c1-5-24(3,4)30-23(25-26-27-30)22(19-11-13-21(14-12-19)31-6-2)29-17-15-28(16-18-29)20-9-7-8-10-20/h11-14,20,22H,5-10,15-18H2,1-4H3/t22-/m0/s1. The molecule has 31 heavy (non-hydrogen) atoms. The van der Waals surface area contributed by atoms with Crippen LogP contribution in [0.5, 0.6) is 5.75 Å². The molecule has 1 aromatic carbocycles. The van der Waals surface area contributed by atoms with E-state index in [1.54, 1.807) is 0 Å². The predicted octanol–water partition coefficient (Wildman–Crippen LogP) is 3.87. The van der Waals surface area contributed by atoms with Crippen molar-refractivity contribution in [3.8, 4) is 5.75 Å². The van der Waals surface area contributed by atoms with Crippen molar-refractivity contribution < 1.29 is 4.74 Å². The van der Waals surface area contributed by atoms with Crippen molar-refractivity contribution >= 4 is 0 Å². The van der Waals surface area contributed by atoms with E-state index in [1.807, 2.05) is 11.6 Å². The molecule has 1 saturated carbocycles. The maximum atomic E-state index is 5.68. The lowest BCUT2D eigenvalue weighted by Gasteiger charge is -2.41. The topological polar surface area (TPSA) is 59.3 Å². The average Bonchev–Trinajstić information content (AvgIpc) is 3.49. The van der Waals surface area contributed by atoms with Crippen LogP contribution in [-0.4, -0.2) is 68.8 Å². The SMILES string of the molecule is CCOc1ccc([C@@H](c2nnnn2C(C)(C)CC)N2CCN(C3CCCC3)CC2)cc1. The summed E-state index contributed by atoms with van der Waals surface area (Å²) in [7, 11) is 0. The van der Waals surface area contributed by atoms with Crippen LogP contribution in [0.15, 0.2) is 24.3 Å². The third-order valence-corrected chi connectivity index (χ3v) is 7.24. The molecule has 7 heteroatoms.